The van der Waals surface area contributed by atoms with Crippen molar-refractivity contribution in [1.82, 2.24) is 10.1 Å². The summed E-state index contributed by atoms with van der Waals surface area (Å²) in [5.41, 5.74) is 1.00. The Morgan fingerprint density at radius 3 is 2.67 bits per heavy atom. The van der Waals surface area contributed by atoms with Crippen molar-refractivity contribution in [3.05, 3.63) is 36.0 Å². The average Bonchev–Trinajstić information content (AvgIpc) is 2.81. The number of aromatic nitrogens is 2. The maximum absolute atomic E-state index is 5.51. The number of nitrogens with zero attached hydrogens (tertiary/aromatic N) is 2. The van der Waals surface area contributed by atoms with E-state index in [-0.39, 0.29) is 0 Å². The minimum atomic E-state index is 0.548. The van der Waals surface area contributed by atoms with Crippen molar-refractivity contribution in [1.29, 1.82) is 0 Å². The summed E-state index contributed by atoms with van der Waals surface area (Å²) in [5.74, 6) is 2.12. The van der Waals surface area contributed by atoms with E-state index in [1.807, 2.05) is 24.3 Å². The first kappa shape index (κ1) is 12.4. The zero-order chi connectivity index (χ0) is 12.8. The number of hydrogen-bond donors (Lipinski definition) is 1. The van der Waals surface area contributed by atoms with Gasteiger partial charge in [0.1, 0.15) is 5.75 Å². The second kappa shape index (κ2) is 6.05. The van der Waals surface area contributed by atoms with Crippen LogP contribution in [0, 0.1) is 6.92 Å². The van der Waals surface area contributed by atoms with Crippen LogP contribution in [0.2, 0.25) is 0 Å². The van der Waals surface area contributed by atoms with E-state index < -0.39 is 0 Å². The van der Waals surface area contributed by atoms with Crippen LogP contribution in [0.4, 0.5) is 5.69 Å². The van der Waals surface area contributed by atoms with Crippen molar-refractivity contribution in [3.63, 3.8) is 0 Å². The maximum Gasteiger partial charge on any atom is 0.223 e. The molecule has 1 aromatic heterocycles. The first-order valence-electron chi connectivity index (χ1n) is 6.04. The van der Waals surface area contributed by atoms with Crippen molar-refractivity contribution >= 4 is 5.69 Å². The Bertz CT molecular complexity index is 479. The molecule has 0 saturated carbocycles. The normalized spacial score (nSPS) is 10.3. The predicted octanol–water partition coefficient (Wildman–Crippen LogP) is 2.78. The predicted molar refractivity (Wildman–Crippen MR) is 68.6 cm³/mol. The second-order valence-corrected chi connectivity index (χ2v) is 3.96. The standard InChI is InChI=1S/C13H17N3O2/c1-3-8-17-12-6-4-11(5-7-12)14-9-13-15-10(2)18-16-13/h4-7,14H,3,8-9H2,1-2H3. The molecule has 0 unspecified atom stereocenters. The van der Waals surface area contributed by atoms with Gasteiger partial charge in [-0.1, -0.05) is 12.1 Å². The van der Waals surface area contributed by atoms with Crippen LogP contribution in [0.5, 0.6) is 5.75 Å². The fourth-order valence-corrected chi connectivity index (χ4v) is 1.48. The third-order valence-electron chi connectivity index (χ3n) is 2.35. The van der Waals surface area contributed by atoms with Gasteiger partial charge in [-0.25, -0.2) is 0 Å². The zero-order valence-corrected chi connectivity index (χ0v) is 10.6. The molecule has 0 bridgehead atoms. The number of hydrogen-bond acceptors (Lipinski definition) is 5. The Kier molecular flexibility index (Phi) is 4.17. The van der Waals surface area contributed by atoms with E-state index in [1.165, 1.54) is 0 Å². The molecule has 1 aromatic carbocycles. The summed E-state index contributed by atoms with van der Waals surface area (Å²) in [5, 5.41) is 7.03. The van der Waals surface area contributed by atoms with E-state index in [1.54, 1.807) is 6.92 Å². The van der Waals surface area contributed by atoms with Crippen molar-refractivity contribution in [3.8, 4) is 5.75 Å². The summed E-state index contributed by atoms with van der Waals surface area (Å²) in [4.78, 5) is 4.12. The van der Waals surface area contributed by atoms with Gasteiger partial charge >= 0.3 is 0 Å². The molecule has 0 aliphatic rings. The van der Waals surface area contributed by atoms with E-state index in [0.29, 0.717) is 18.3 Å². The molecule has 5 heteroatoms. The number of rotatable bonds is 6. The molecule has 5 nitrogen and oxygen atoms in total. The molecule has 0 fully saturated rings. The van der Waals surface area contributed by atoms with Gasteiger partial charge in [0.05, 0.1) is 13.2 Å². The topological polar surface area (TPSA) is 60.2 Å². The summed E-state index contributed by atoms with van der Waals surface area (Å²) >= 11 is 0. The largest absolute Gasteiger partial charge is 0.494 e. The molecule has 96 valence electrons. The second-order valence-electron chi connectivity index (χ2n) is 3.96. The Hall–Kier alpha value is -2.04. The molecule has 0 radical (unpaired) electrons. The lowest BCUT2D eigenvalue weighted by atomic mass is 10.3. The van der Waals surface area contributed by atoms with E-state index in [2.05, 4.69) is 22.4 Å². The number of anilines is 1. The van der Waals surface area contributed by atoms with Crippen LogP contribution >= 0.6 is 0 Å². The summed E-state index contributed by atoms with van der Waals surface area (Å²) in [7, 11) is 0. The number of nitrogens with one attached hydrogen (secondary N) is 1. The number of aryl methyl sites for hydroxylation is 1. The summed E-state index contributed by atoms with van der Waals surface area (Å²) < 4.78 is 10.4. The molecule has 1 N–H and O–H groups in total. The fraction of sp³-hybridized carbons (Fsp3) is 0.385. The third-order valence-corrected chi connectivity index (χ3v) is 2.35. The number of ether oxygens (including phenoxy) is 1. The maximum atomic E-state index is 5.51. The summed E-state index contributed by atoms with van der Waals surface area (Å²) in [6.45, 7) is 5.15. The highest BCUT2D eigenvalue weighted by Crippen LogP contribution is 2.16. The van der Waals surface area contributed by atoms with Crippen LogP contribution in [0.15, 0.2) is 28.8 Å². The van der Waals surface area contributed by atoms with Gasteiger partial charge in [0, 0.05) is 12.6 Å². The molecule has 0 aliphatic heterocycles. The van der Waals surface area contributed by atoms with Crippen molar-refractivity contribution in [2.75, 3.05) is 11.9 Å². The van der Waals surface area contributed by atoms with Gasteiger partial charge in [0.2, 0.25) is 5.89 Å². The Labute approximate surface area is 106 Å². The van der Waals surface area contributed by atoms with Crippen LogP contribution in [0.3, 0.4) is 0 Å². The van der Waals surface area contributed by atoms with Crippen LogP contribution in [0.25, 0.3) is 0 Å². The van der Waals surface area contributed by atoms with Crippen molar-refractivity contribution in [2.24, 2.45) is 0 Å². The molecular formula is C13H17N3O2. The molecule has 0 saturated heterocycles. The van der Waals surface area contributed by atoms with Gasteiger partial charge in [-0.15, -0.1) is 0 Å². The molecule has 1 heterocycles. The lowest BCUT2D eigenvalue weighted by Gasteiger charge is -2.06. The Balaban J connectivity index is 1.86. The minimum absolute atomic E-state index is 0.548. The molecule has 18 heavy (non-hydrogen) atoms. The smallest absolute Gasteiger partial charge is 0.223 e. The van der Waals surface area contributed by atoms with Crippen molar-refractivity contribution in [2.45, 2.75) is 26.8 Å². The molecular weight excluding hydrogens is 230 g/mol. The summed E-state index contributed by atoms with van der Waals surface area (Å²) in [6, 6.07) is 7.83. The van der Waals surface area contributed by atoms with Gasteiger partial charge in [-0.05, 0) is 30.7 Å². The SMILES string of the molecule is CCCOc1ccc(NCc2noc(C)n2)cc1. The minimum Gasteiger partial charge on any atom is -0.494 e. The highest BCUT2D eigenvalue weighted by atomic mass is 16.5. The first-order valence-corrected chi connectivity index (χ1v) is 6.04. The highest BCUT2D eigenvalue weighted by Gasteiger charge is 2.01. The van der Waals surface area contributed by atoms with Gasteiger partial charge in [0.25, 0.3) is 0 Å². The molecule has 0 aliphatic carbocycles. The van der Waals surface area contributed by atoms with Crippen molar-refractivity contribution < 1.29 is 9.26 Å². The Morgan fingerprint density at radius 2 is 2.06 bits per heavy atom. The third kappa shape index (κ3) is 3.48. The molecule has 0 amide bonds. The Morgan fingerprint density at radius 1 is 1.28 bits per heavy atom. The van der Waals surface area contributed by atoms with Gasteiger partial charge in [-0.2, -0.15) is 4.98 Å². The van der Waals surface area contributed by atoms with Gasteiger partial charge < -0.3 is 14.6 Å². The lowest BCUT2D eigenvalue weighted by molar-refractivity contribution is 0.317. The number of benzene rings is 1. The summed E-state index contributed by atoms with van der Waals surface area (Å²) in [6.07, 6.45) is 1.01. The first-order chi connectivity index (χ1) is 8.78. The van der Waals surface area contributed by atoms with E-state index >= 15 is 0 Å². The molecule has 0 atom stereocenters. The molecule has 2 rings (SSSR count). The molecule has 0 spiro atoms. The van der Waals surface area contributed by atoms with Gasteiger partial charge in [-0.3, -0.25) is 0 Å². The van der Waals surface area contributed by atoms with E-state index in [4.69, 9.17) is 9.26 Å². The van der Waals surface area contributed by atoms with Crippen LogP contribution in [-0.2, 0) is 6.54 Å². The van der Waals surface area contributed by atoms with Crippen LogP contribution in [-0.4, -0.2) is 16.7 Å². The quantitative estimate of drug-likeness (QED) is 0.850. The molecule has 2 aromatic rings. The van der Waals surface area contributed by atoms with E-state index in [0.717, 1.165) is 24.5 Å². The van der Waals surface area contributed by atoms with Crippen LogP contribution in [0.1, 0.15) is 25.1 Å². The average molecular weight is 247 g/mol. The van der Waals surface area contributed by atoms with Gasteiger partial charge in [0.15, 0.2) is 5.82 Å². The highest BCUT2D eigenvalue weighted by molar-refractivity contribution is 5.46. The zero-order valence-electron chi connectivity index (χ0n) is 10.6. The fourth-order valence-electron chi connectivity index (χ4n) is 1.48. The van der Waals surface area contributed by atoms with Crippen LogP contribution < -0.4 is 10.1 Å². The monoisotopic (exact) mass is 247 g/mol. The van der Waals surface area contributed by atoms with E-state index in [9.17, 15) is 0 Å². The lowest BCUT2D eigenvalue weighted by Crippen LogP contribution is -2.01.